The van der Waals surface area contributed by atoms with E-state index in [1.807, 2.05) is 12.1 Å². The largest absolute Gasteiger partial charge is 0.299 e. The van der Waals surface area contributed by atoms with Gasteiger partial charge in [0.1, 0.15) is 5.78 Å². The highest BCUT2D eigenvalue weighted by atomic mass is 35.5. The molecule has 2 rings (SSSR count). The molecule has 3 heteroatoms. The van der Waals surface area contributed by atoms with E-state index in [4.69, 9.17) is 23.2 Å². The first kappa shape index (κ1) is 15.9. The van der Waals surface area contributed by atoms with Gasteiger partial charge in [-0.1, -0.05) is 56.1 Å². The van der Waals surface area contributed by atoms with Crippen LogP contribution in [-0.2, 0) is 11.2 Å². The summed E-state index contributed by atoms with van der Waals surface area (Å²) in [6, 6.07) is 5.66. The molecule has 0 bridgehead atoms. The zero-order chi connectivity index (χ0) is 14.9. The molecule has 1 nitrogen and oxygen atoms in total. The van der Waals surface area contributed by atoms with Crippen LogP contribution in [0.25, 0.3) is 0 Å². The van der Waals surface area contributed by atoms with Gasteiger partial charge in [0, 0.05) is 12.3 Å². The van der Waals surface area contributed by atoms with Crippen LogP contribution in [0.1, 0.15) is 45.6 Å². The highest BCUT2D eigenvalue weighted by Crippen LogP contribution is 2.40. The number of carbonyl (C=O) groups excluding carboxylic acids is 1. The molecule has 0 aliphatic heterocycles. The van der Waals surface area contributed by atoms with Crippen LogP contribution in [0.3, 0.4) is 0 Å². The monoisotopic (exact) mass is 312 g/mol. The maximum Gasteiger partial charge on any atom is 0.136 e. The van der Waals surface area contributed by atoms with Crippen LogP contribution in [0.2, 0.25) is 10.0 Å². The molecule has 1 aromatic rings. The van der Waals surface area contributed by atoms with Gasteiger partial charge in [-0.05, 0) is 42.2 Å². The lowest BCUT2D eigenvalue weighted by atomic mass is 9.67. The van der Waals surface area contributed by atoms with Crippen molar-refractivity contribution in [1.29, 1.82) is 0 Å². The minimum atomic E-state index is 0.0870. The van der Waals surface area contributed by atoms with Crippen LogP contribution in [0, 0.1) is 17.3 Å². The van der Waals surface area contributed by atoms with Crippen molar-refractivity contribution in [3.8, 4) is 0 Å². The number of rotatable bonds is 2. The van der Waals surface area contributed by atoms with Crippen molar-refractivity contribution in [2.45, 2.75) is 46.5 Å². The van der Waals surface area contributed by atoms with Crippen LogP contribution in [0.15, 0.2) is 18.2 Å². The lowest BCUT2D eigenvalue weighted by Crippen LogP contribution is -2.33. The van der Waals surface area contributed by atoms with Crippen LogP contribution in [0.4, 0.5) is 0 Å². The summed E-state index contributed by atoms with van der Waals surface area (Å²) in [7, 11) is 0. The molecular formula is C17H22Cl2O. The number of halogens is 2. The van der Waals surface area contributed by atoms with Gasteiger partial charge in [0.05, 0.1) is 10.0 Å². The average molecular weight is 313 g/mol. The summed E-state index contributed by atoms with van der Waals surface area (Å²) in [5.74, 6) is 1.06. The van der Waals surface area contributed by atoms with Gasteiger partial charge < -0.3 is 0 Å². The molecule has 2 atom stereocenters. The summed E-state index contributed by atoms with van der Waals surface area (Å²) in [5.41, 5.74) is 1.25. The molecule has 110 valence electrons. The predicted molar refractivity (Wildman–Crippen MR) is 85.5 cm³/mol. The normalized spacial score (nSPS) is 23.9. The smallest absolute Gasteiger partial charge is 0.136 e. The lowest BCUT2D eigenvalue weighted by Gasteiger charge is -2.37. The van der Waals surface area contributed by atoms with Gasteiger partial charge in [0.2, 0.25) is 0 Å². The van der Waals surface area contributed by atoms with Crippen molar-refractivity contribution in [3.63, 3.8) is 0 Å². The predicted octanol–water partition coefficient (Wildman–Crippen LogP) is 5.57. The minimum absolute atomic E-state index is 0.0870. The molecule has 0 heterocycles. The molecule has 0 saturated heterocycles. The highest BCUT2D eigenvalue weighted by Gasteiger charge is 2.35. The Morgan fingerprint density at radius 2 is 1.95 bits per heavy atom. The first-order chi connectivity index (χ1) is 9.29. The number of carbonyl (C=O) groups is 1. The Balaban J connectivity index is 2.15. The van der Waals surface area contributed by atoms with Crippen LogP contribution >= 0.6 is 23.2 Å². The van der Waals surface area contributed by atoms with Gasteiger partial charge in [-0.15, -0.1) is 0 Å². The third-order valence-corrected chi connectivity index (χ3v) is 5.34. The van der Waals surface area contributed by atoms with Crippen molar-refractivity contribution in [2.24, 2.45) is 17.3 Å². The third-order valence-electron chi connectivity index (χ3n) is 4.49. The van der Waals surface area contributed by atoms with E-state index in [-0.39, 0.29) is 11.3 Å². The standard InChI is InChI=1S/C17H22Cl2O/c1-17(2,3)13-7-8-15(20)12(10-13)9-11-5-4-6-14(18)16(11)19/h4-6,12-13H,7-10H2,1-3H3. The second kappa shape index (κ2) is 6.07. The maximum absolute atomic E-state index is 12.2. The lowest BCUT2D eigenvalue weighted by molar-refractivity contribution is -0.126. The fraction of sp³-hybridized carbons (Fsp3) is 0.588. The van der Waals surface area contributed by atoms with E-state index in [2.05, 4.69) is 20.8 Å². The molecule has 2 unspecified atom stereocenters. The summed E-state index contributed by atoms with van der Waals surface area (Å²) >= 11 is 12.3. The molecular weight excluding hydrogens is 291 g/mol. The van der Waals surface area contributed by atoms with Crippen molar-refractivity contribution in [1.82, 2.24) is 0 Å². The molecule has 0 amide bonds. The summed E-state index contributed by atoms with van der Waals surface area (Å²) in [4.78, 5) is 12.2. The number of hydrogen-bond acceptors (Lipinski definition) is 1. The molecule has 20 heavy (non-hydrogen) atoms. The van der Waals surface area contributed by atoms with Crippen molar-refractivity contribution >= 4 is 29.0 Å². The Morgan fingerprint density at radius 1 is 1.25 bits per heavy atom. The van der Waals surface area contributed by atoms with Gasteiger partial charge in [-0.3, -0.25) is 4.79 Å². The van der Waals surface area contributed by atoms with Gasteiger partial charge in [-0.25, -0.2) is 0 Å². The Morgan fingerprint density at radius 3 is 2.60 bits per heavy atom. The third kappa shape index (κ3) is 3.56. The minimum Gasteiger partial charge on any atom is -0.299 e. The van der Waals surface area contributed by atoms with E-state index in [9.17, 15) is 4.79 Å². The van der Waals surface area contributed by atoms with E-state index in [0.717, 1.165) is 18.4 Å². The quantitative estimate of drug-likeness (QED) is 0.698. The van der Waals surface area contributed by atoms with E-state index in [1.54, 1.807) is 6.07 Å². The molecule has 1 fully saturated rings. The zero-order valence-electron chi connectivity index (χ0n) is 12.4. The second-order valence-electron chi connectivity index (χ2n) is 6.92. The summed E-state index contributed by atoms with van der Waals surface area (Å²) in [5, 5.41) is 1.17. The molecule has 1 aliphatic rings. The first-order valence-electron chi connectivity index (χ1n) is 7.24. The molecule has 0 spiro atoms. The fourth-order valence-electron chi connectivity index (χ4n) is 3.07. The van der Waals surface area contributed by atoms with E-state index in [0.29, 0.717) is 34.6 Å². The van der Waals surface area contributed by atoms with Crippen LogP contribution in [0.5, 0.6) is 0 Å². The molecule has 1 aliphatic carbocycles. The second-order valence-corrected chi connectivity index (χ2v) is 7.70. The number of hydrogen-bond donors (Lipinski definition) is 0. The topological polar surface area (TPSA) is 17.1 Å². The van der Waals surface area contributed by atoms with Crippen molar-refractivity contribution in [2.75, 3.05) is 0 Å². The van der Waals surface area contributed by atoms with E-state index in [1.165, 1.54) is 0 Å². The number of benzene rings is 1. The van der Waals surface area contributed by atoms with Gasteiger partial charge in [0.15, 0.2) is 0 Å². The SMILES string of the molecule is CC(C)(C)C1CCC(=O)C(Cc2cccc(Cl)c2Cl)C1. The van der Waals surface area contributed by atoms with Gasteiger partial charge in [0.25, 0.3) is 0 Å². The molecule has 1 aromatic carbocycles. The van der Waals surface area contributed by atoms with E-state index < -0.39 is 0 Å². The summed E-state index contributed by atoms with van der Waals surface area (Å²) < 4.78 is 0. The Hall–Kier alpha value is -0.530. The zero-order valence-corrected chi connectivity index (χ0v) is 13.9. The van der Waals surface area contributed by atoms with Crippen molar-refractivity contribution in [3.05, 3.63) is 33.8 Å². The van der Waals surface area contributed by atoms with Crippen LogP contribution in [-0.4, -0.2) is 5.78 Å². The summed E-state index contributed by atoms with van der Waals surface area (Å²) in [6.45, 7) is 6.78. The van der Waals surface area contributed by atoms with Gasteiger partial charge in [-0.2, -0.15) is 0 Å². The van der Waals surface area contributed by atoms with Gasteiger partial charge >= 0.3 is 0 Å². The first-order valence-corrected chi connectivity index (χ1v) is 8.00. The molecule has 1 saturated carbocycles. The summed E-state index contributed by atoms with van der Waals surface area (Å²) in [6.07, 6.45) is 3.39. The fourth-order valence-corrected chi connectivity index (χ4v) is 3.47. The Labute approximate surface area is 131 Å². The Bertz CT molecular complexity index is 502. The highest BCUT2D eigenvalue weighted by molar-refractivity contribution is 6.42. The average Bonchev–Trinajstić information content (AvgIpc) is 2.36. The Kier molecular flexibility index (Phi) is 4.81. The van der Waals surface area contributed by atoms with Crippen molar-refractivity contribution < 1.29 is 4.79 Å². The number of ketones is 1. The molecule has 0 aromatic heterocycles. The molecule has 0 radical (unpaired) electrons. The molecule has 0 N–H and O–H groups in total. The van der Waals surface area contributed by atoms with Crippen LogP contribution < -0.4 is 0 Å². The number of Topliss-reactive ketones (excluding diaryl/α,β-unsaturated/α-hetero) is 1. The van der Waals surface area contributed by atoms with E-state index >= 15 is 0 Å². The maximum atomic E-state index is 12.2.